The van der Waals surface area contributed by atoms with E-state index in [1.165, 1.54) is 11.3 Å². The molecule has 5 N–H and O–H groups in total. The van der Waals surface area contributed by atoms with Crippen molar-refractivity contribution in [2.24, 2.45) is 4.99 Å². The standard InChI is InChI=1S/C21H21N7O4S/c29-7-1-6-22-20(31)16-5-4-15(33-16)13-9-17(24-12-2-3-12)28-18(25-13)11(10-23-28)8-14-19(30)27-21(32)26-14/h4-5,8-10,12,29-30H,1-3,6-7H2,(H,22,31)(H2,26,27,32). The summed E-state index contributed by atoms with van der Waals surface area (Å²) in [5, 5.41) is 26.6. The van der Waals surface area contributed by atoms with Crippen molar-refractivity contribution in [2.75, 3.05) is 13.2 Å². The first-order chi connectivity index (χ1) is 16.0. The average molecular weight is 468 g/mol. The number of aromatic hydroxyl groups is 1. The number of aliphatic hydroxyl groups excluding tert-OH is 1. The maximum Gasteiger partial charge on any atom is 0.326 e. The monoisotopic (exact) mass is 467 g/mol. The van der Waals surface area contributed by atoms with Crippen LogP contribution in [-0.4, -0.2) is 59.9 Å². The van der Waals surface area contributed by atoms with Crippen LogP contribution < -0.4 is 21.7 Å². The smallest absolute Gasteiger partial charge is 0.326 e. The number of carbonyl (C=O) groups excluding carboxylic acids is 1. The first-order valence-corrected chi connectivity index (χ1v) is 11.3. The molecule has 0 saturated heterocycles. The summed E-state index contributed by atoms with van der Waals surface area (Å²) in [4.78, 5) is 39.5. The number of hydrogen-bond acceptors (Lipinski definition) is 8. The summed E-state index contributed by atoms with van der Waals surface area (Å²) in [5.41, 5.74) is 1.50. The molecule has 0 aromatic carbocycles. The van der Waals surface area contributed by atoms with E-state index in [4.69, 9.17) is 15.1 Å². The fourth-order valence-electron chi connectivity index (χ4n) is 3.29. The molecule has 1 amide bonds. The topological polar surface area (TPSA) is 161 Å². The Labute approximate surface area is 190 Å². The molecule has 1 fully saturated rings. The third-order valence-corrected chi connectivity index (χ3v) is 6.19. The molecule has 170 valence electrons. The normalized spacial score (nSPS) is 14.9. The molecule has 1 saturated carbocycles. The predicted molar refractivity (Wildman–Crippen MR) is 121 cm³/mol. The van der Waals surface area contributed by atoms with Gasteiger partial charge in [0.25, 0.3) is 5.91 Å². The van der Waals surface area contributed by atoms with Gasteiger partial charge in [-0.15, -0.1) is 11.3 Å². The first-order valence-electron chi connectivity index (χ1n) is 10.5. The summed E-state index contributed by atoms with van der Waals surface area (Å²) in [7, 11) is 0. The maximum atomic E-state index is 12.4. The van der Waals surface area contributed by atoms with Crippen molar-refractivity contribution in [3.63, 3.8) is 0 Å². The summed E-state index contributed by atoms with van der Waals surface area (Å²) in [6.45, 7) is 0.423. The lowest BCUT2D eigenvalue weighted by Crippen LogP contribution is -2.24. The minimum atomic E-state index is -0.517. The van der Waals surface area contributed by atoms with Crippen molar-refractivity contribution >= 4 is 29.0 Å². The number of carbonyl (C=O) groups is 1. The second kappa shape index (κ2) is 8.64. The van der Waals surface area contributed by atoms with E-state index in [0.717, 1.165) is 17.7 Å². The van der Waals surface area contributed by atoms with Crippen LogP contribution >= 0.6 is 11.3 Å². The molecule has 0 spiro atoms. The van der Waals surface area contributed by atoms with Gasteiger partial charge in [0.1, 0.15) is 5.69 Å². The third kappa shape index (κ3) is 4.43. The number of aromatic amines is 2. The SMILES string of the molecule is O=C(NCCCO)c1ccc(-c2cc(=NC3CC3)n3ncc(=Cc4[nH]c(=O)[nH]c4O)c3n2)s1. The van der Waals surface area contributed by atoms with E-state index in [-0.39, 0.29) is 30.1 Å². The quantitative estimate of drug-likeness (QED) is 0.239. The van der Waals surface area contributed by atoms with Crippen LogP contribution in [-0.2, 0) is 0 Å². The molecular weight excluding hydrogens is 446 g/mol. The Hall–Kier alpha value is -3.77. The van der Waals surface area contributed by atoms with Crippen molar-refractivity contribution < 1.29 is 15.0 Å². The fourth-order valence-corrected chi connectivity index (χ4v) is 4.17. The van der Waals surface area contributed by atoms with Crippen LogP contribution in [0, 0.1) is 0 Å². The van der Waals surface area contributed by atoms with Gasteiger partial charge in [-0.3, -0.25) is 14.8 Å². The van der Waals surface area contributed by atoms with Crippen LogP contribution in [0.3, 0.4) is 0 Å². The van der Waals surface area contributed by atoms with E-state index in [0.29, 0.717) is 39.9 Å². The zero-order valence-electron chi connectivity index (χ0n) is 17.4. The number of nitrogens with zero attached hydrogens (tertiary/aromatic N) is 4. The lowest BCUT2D eigenvalue weighted by molar-refractivity contribution is 0.0955. The third-order valence-electron chi connectivity index (χ3n) is 5.08. The summed E-state index contributed by atoms with van der Waals surface area (Å²) in [5.74, 6) is -0.470. The van der Waals surface area contributed by atoms with Crippen molar-refractivity contribution in [2.45, 2.75) is 25.3 Å². The Kier molecular flexibility index (Phi) is 5.52. The zero-order chi connectivity index (χ0) is 22.9. The molecule has 5 rings (SSSR count). The minimum Gasteiger partial charge on any atom is -0.493 e. The summed E-state index contributed by atoms with van der Waals surface area (Å²) in [6.07, 6.45) is 5.72. The van der Waals surface area contributed by atoms with E-state index in [2.05, 4.69) is 20.4 Å². The number of rotatable bonds is 7. The van der Waals surface area contributed by atoms with Gasteiger partial charge in [0, 0.05) is 24.4 Å². The molecule has 1 aliphatic carbocycles. The number of nitrogens with one attached hydrogen (secondary N) is 3. The Bertz CT molecular complexity index is 1510. The van der Waals surface area contributed by atoms with Gasteiger partial charge in [0.2, 0.25) is 5.88 Å². The molecule has 0 bridgehead atoms. The number of imidazole rings is 1. The van der Waals surface area contributed by atoms with E-state index in [1.807, 2.05) is 12.1 Å². The number of thiophene rings is 1. The number of hydrogen-bond donors (Lipinski definition) is 5. The molecule has 0 unspecified atom stereocenters. The van der Waals surface area contributed by atoms with Crippen molar-refractivity contribution in [1.29, 1.82) is 0 Å². The molecule has 4 aromatic heterocycles. The Balaban J connectivity index is 1.59. The van der Waals surface area contributed by atoms with Crippen LogP contribution in [0.5, 0.6) is 5.88 Å². The predicted octanol–water partition coefficient (Wildman–Crippen LogP) is -0.0972. The molecule has 11 nitrogen and oxygen atoms in total. The second-order valence-corrected chi connectivity index (χ2v) is 8.76. The fraction of sp³-hybridized carbons (Fsp3) is 0.286. The molecule has 0 atom stereocenters. The summed E-state index contributed by atoms with van der Waals surface area (Å²) >= 11 is 1.31. The van der Waals surface area contributed by atoms with Gasteiger partial charge in [0.15, 0.2) is 11.1 Å². The van der Waals surface area contributed by atoms with Gasteiger partial charge in [-0.25, -0.2) is 9.78 Å². The molecule has 1 aliphatic rings. The van der Waals surface area contributed by atoms with Crippen LogP contribution in [0.25, 0.3) is 22.3 Å². The van der Waals surface area contributed by atoms with Crippen molar-refractivity contribution in [3.8, 4) is 16.5 Å². The number of fused-ring (bicyclic) bond motifs is 1. The van der Waals surface area contributed by atoms with E-state index in [1.54, 1.807) is 22.9 Å². The highest BCUT2D eigenvalue weighted by atomic mass is 32.1. The molecular formula is C21H21N7O4S. The van der Waals surface area contributed by atoms with Gasteiger partial charge < -0.3 is 20.5 Å². The molecule has 0 aliphatic heterocycles. The maximum absolute atomic E-state index is 12.4. The van der Waals surface area contributed by atoms with Crippen molar-refractivity contribution in [3.05, 3.63) is 56.2 Å². The molecule has 12 heteroatoms. The largest absolute Gasteiger partial charge is 0.493 e. The van der Waals surface area contributed by atoms with Crippen LogP contribution in [0.15, 0.2) is 34.2 Å². The number of aromatic nitrogens is 5. The lowest BCUT2D eigenvalue weighted by atomic mass is 10.3. The highest BCUT2D eigenvalue weighted by Crippen LogP contribution is 2.27. The average Bonchev–Trinajstić information content (AvgIpc) is 3.18. The Morgan fingerprint density at radius 1 is 1.36 bits per heavy atom. The van der Waals surface area contributed by atoms with Crippen LogP contribution in [0.4, 0.5) is 0 Å². The van der Waals surface area contributed by atoms with Gasteiger partial charge in [-0.1, -0.05) is 0 Å². The second-order valence-electron chi connectivity index (χ2n) is 7.68. The summed E-state index contributed by atoms with van der Waals surface area (Å²) < 4.78 is 1.63. The highest BCUT2D eigenvalue weighted by Gasteiger charge is 2.21. The van der Waals surface area contributed by atoms with E-state index in [9.17, 15) is 14.7 Å². The van der Waals surface area contributed by atoms with E-state index < -0.39 is 5.69 Å². The number of amides is 1. The Morgan fingerprint density at radius 3 is 2.94 bits per heavy atom. The summed E-state index contributed by atoms with van der Waals surface area (Å²) in [6, 6.07) is 5.67. The number of H-pyrrole nitrogens is 2. The Morgan fingerprint density at radius 2 is 2.21 bits per heavy atom. The number of aliphatic hydroxyl groups is 1. The van der Waals surface area contributed by atoms with Gasteiger partial charge in [0.05, 0.1) is 27.7 Å². The molecule has 4 aromatic rings. The van der Waals surface area contributed by atoms with Gasteiger partial charge >= 0.3 is 5.69 Å². The van der Waals surface area contributed by atoms with Gasteiger partial charge in [-0.2, -0.15) is 9.61 Å². The lowest BCUT2D eigenvalue weighted by Gasteiger charge is -2.02. The zero-order valence-corrected chi connectivity index (χ0v) is 18.2. The highest BCUT2D eigenvalue weighted by molar-refractivity contribution is 7.17. The van der Waals surface area contributed by atoms with Crippen LogP contribution in [0.2, 0.25) is 0 Å². The minimum absolute atomic E-state index is 0.0201. The molecule has 0 radical (unpaired) electrons. The van der Waals surface area contributed by atoms with Crippen LogP contribution in [0.1, 0.15) is 34.6 Å². The van der Waals surface area contributed by atoms with Crippen molar-refractivity contribution in [1.82, 2.24) is 29.9 Å². The first kappa shape index (κ1) is 21.1. The molecule has 4 heterocycles. The van der Waals surface area contributed by atoms with E-state index >= 15 is 0 Å². The molecule has 33 heavy (non-hydrogen) atoms. The van der Waals surface area contributed by atoms with Gasteiger partial charge in [-0.05, 0) is 37.5 Å².